The van der Waals surface area contributed by atoms with Crippen LogP contribution in [0.4, 0.5) is 0 Å². The molecule has 0 N–H and O–H groups in total. The van der Waals surface area contributed by atoms with Crippen molar-refractivity contribution in [2.24, 2.45) is 0 Å². The molecule has 0 bridgehead atoms. The number of hydrogen-bond donors (Lipinski definition) is 0. The quantitative estimate of drug-likeness (QED) is 0.772. The maximum absolute atomic E-state index is 11.9. The molecule has 1 saturated heterocycles. The molecule has 0 unspecified atom stereocenters. The largest absolute Gasteiger partial charge is 0.343 e. The van der Waals surface area contributed by atoms with Gasteiger partial charge >= 0.3 is 0 Å². The Labute approximate surface area is 111 Å². The van der Waals surface area contributed by atoms with Crippen LogP contribution in [0.3, 0.4) is 0 Å². The highest BCUT2D eigenvalue weighted by molar-refractivity contribution is 5.79. The number of nitrogens with zero attached hydrogens (tertiary/aromatic N) is 4. The minimum absolute atomic E-state index is 0.0248. The van der Waals surface area contributed by atoms with Gasteiger partial charge in [0.15, 0.2) is 5.82 Å². The molecular weight excluding hydrogens is 248 g/mol. The summed E-state index contributed by atoms with van der Waals surface area (Å²) in [6.07, 6.45) is 4.16. The molecule has 0 saturated carbocycles. The molecule has 1 aromatic heterocycles. The summed E-state index contributed by atoms with van der Waals surface area (Å²) in [5, 5.41) is 3.66. The van der Waals surface area contributed by atoms with Crippen LogP contribution in [-0.2, 0) is 16.1 Å². The first kappa shape index (κ1) is 13.5. The van der Waals surface area contributed by atoms with E-state index in [2.05, 4.69) is 14.7 Å². The molecule has 0 atom stereocenters. The molecule has 1 fully saturated rings. The lowest BCUT2D eigenvalue weighted by molar-refractivity contribution is -0.135. The van der Waals surface area contributed by atoms with Crippen molar-refractivity contribution in [1.29, 1.82) is 0 Å². The van der Waals surface area contributed by atoms with Gasteiger partial charge in [-0.2, -0.15) is 4.98 Å². The van der Waals surface area contributed by atoms with Crippen LogP contribution in [-0.4, -0.2) is 51.9 Å². The number of carbonyl (C=O) groups excluding carboxylic acids is 2. The van der Waals surface area contributed by atoms with Gasteiger partial charge in [-0.05, 0) is 12.8 Å². The summed E-state index contributed by atoms with van der Waals surface area (Å²) in [6.45, 7) is 1.58. The molecule has 1 aromatic rings. The van der Waals surface area contributed by atoms with Gasteiger partial charge in [0, 0.05) is 33.0 Å². The van der Waals surface area contributed by atoms with Crippen LogP contribution in [0.25, 0.3) is 0 Å². The number of rotatable bonds is 5. The third kappa shape index (κ3) is 3.77. The van der Waals surface area contributed by atoms with E-state index in [1.165, 1.54) is 6.39 Å². The molecule has 1 aliphatic rings. The number of piperidine rings is 1. The molecule has 104 valence electrons. The normalized spacial score (nSPS) is 15.6. The highest BCUT2D eigenvalue weighted by Crippen LogP contribution is 2.11. The zero-order chi connectivity index (χ0) is 13.7. The van der Waals surface area contributed by atoms with E-state index in [0.717, 1.165) is 19.4 Å². The summed E-state index contributed by atoms with van der Waals surface area (Å²) >= 11 is 0. The third-order valence-corrected chi connectivity index (χ3v) is 3.23. The summed E-state index contributed by atoms with van der Waals surface area (Å²) in [5.74, 6) is 0.605. The predicted molar refractivity (Wildman–Crippen MR) is 65.8 cm³/mol. The van der Waals surface area contributed by atoms with Crippen molar-refractivity contribution in [3.8, 4) is 0 Å². The molecule has 0 aliphatic carbocycles. The summed E-state index contributed by atoms with van der Waals surface area (Å²) in [7, 11) is 1.69. The van der Waals surface area contributed by atoms with Crippen LogP contribution < -0.4 is 0 Å². The van der Waals surface area contributed by atoms with Gasteiger partial charge in [-0.3, -0.25) is 9.59 Å². The minimum Gasteiger partial charge on any atom is -0.343 e. The second-order valence-electron chi connectivity index (χ2n) is 4.69. The van der Waals surface area contributed by atoms with Crippen molar-refractivity contribution in [2.45, 2.75) is 32.2 Å². The molecular formula is C12H18N4O3. The van der Waals surface area contributed by atoms with Crippen LogP contribution in [0, 0.1) is 0 Å². The first-order valence-corrected chi connectivity index (χ1v) is 6.44. The molecule has 0 aromatic carbocycles. The van der Waals surface area contributed by atoms with Gasteiger partial charge in [-0.15, -0.1) is 0 Å². The first-order valence-electron chi connectivity index (χ1n) is 6.44. The van der Waals surface area contributed by atoms with Gasteiger partial charge in [0.25, 0.3) is 0 Å². The lowest BCUT2D eigenvalue weighted by Gasteiger charge is -2.27. The van der Waals surface area contributed by atoms with Gasteiger partial charge in [0.2, 0.25) is 18.2 Å². The van der Waals surface area contributed by atoms with Crippen molar-refractivity contribution in [1.82, 2.24) is 19.9 Å². The molecule has 1 aliphatic heterocycles. The Morgan fingerprint density at radius 3 is 3.05 bits per heavy atom. The molecule has 2 amide bonds. The van der Waals surface area contributed by atoms with Crippen molar-refractivity contribution in [3.63, 3.8) is 0 Å². The van der Waals surface area contributed by atoms with E-state index in [4.69, 9.17) is 0 Å². The van der Waals surface area contributed by atoms with E-state index in [1.54, 1.807) is 16.8 Å². The van der Waals surface area contributed by atoms with Gasteiger partial charge < -0.3 is 14.3 Å². The van der Waals surface area contributed by atoms with Gasteiger partial charge in [0.05, 0.1) is 6.54 Å². The number of amides is 2. The molecule has 7 nitrogen and oxygen atoms in total. The number of hydrogen-bond acceptors (Lipinski definition) is 5. The highest BCUT2D eigenvalue weighted by atomic mass is 16.5. The third-order valence-electron chi connectivity index (χ3n) is 3.23. The Balaban J connectivity index is 1.75. The fourth-order valence-electron chi connectivity index (χ4n) is 2.08. The Morgan fingerprint density at radius 1 is 1.53 bits per heavy atom. The Morgan fingerprint density at radius 2 is 2.37 bits per heavy atom. The van der Waals surface area contributed by atoms with E-state index in [-0.39, 0.29) is 11.8 Å². The van der Waals surface area contributed by atoms with Crippen molar-refractivity contribution >= 4 is 11.8 Å². The summed E-state index contributed by atoms with van der Waals surface area (Å²) in [5.41, 5.74) is 0. The lowest BCUT2D eigenvalue weighted by atomic mass is 10.1. The summed E-state index contributed by atoms with van der Waals surface area (Å²) in [4.78, 5) is 30.7. The number of likely N-dealkylation sites (tertiary alicyclic amines) is 1. The zero-order valence-corrected chi connectivity index (χ0v) is 11.0. The first-order chi connectivity index (χ1) is 9.16. The summed E-state index contributed by atoms with van der Waals surface area (Å²) in [6, 6.07) is 0. The van der Waals surface area contributed by atoms with E-state index >= 15 is 0 Å². The molecule has 2 heterocycles. The smallest absolute Gasteiger partial charge is 0.224 e. The van der Waals surface area contributed by atoms with Crippen LogP contribution in [0.5, 0.6) is 0 Å². The van der Waals surface area contributed by atoms with Gasteiger partial charge in [-0.25, -0.2) is 0 Å². The zero-order valence-electron chi connectivity index (χ0n) is 11.0. The van der Waals surface area contributed by atoms with Gasteiger partial charge in [-0.1, -0.05) is 5.16 Å². The number of carbonyl (C=O) groups is 2. The predicted octanol–water partition coefficient (Wildman–Crippen LogP) is 0.431. The van der Waals surface area contributed by atoms with Crippen molar-refractivity contribution in [2.75, 3.05) is 20.1 Å². The van der Waals surface area contributed by atoms with Crippen LogP contribution >= 0.6 is 0 Å². The monoisotopic (exact) mass is 266 g/mol. The van der Waals surface area contributed by atoms with Crippen molar-refractivity contribution in [3.05, 3.63) is 12.2 Å². The Kier molecular flexibility index (Phi) is 4.48. The molecule has 0 radical (unpaired) electrons. The average molecular weight is 266 g/mol. The van der Waals surface area contributed by atoms with Crippen molar-refractivity contribution < 1.29 is 14.1 Å². The standard InChI is InChI=1S/C12H18N4O3/c1-15(8-10-13-9-19-14-10)11(17)5-7-16-6-3-2-4-12(16)18/h9H,2-8H2,1H3. The Bertz CT molecular complexity index is 432. The van der Waals surface area contributed by atoms with Crippen LogP contribution in [0.1, 0.15) is 31.5 Å². The van der Waals surface area contributed by atoms with E-state index in [0.29, 0.717) is 31.8 Å². The van der Waals surface area contributed by atoms with E-state index < -0.39 is 0 Å². The maximum atomic E-state index is 11.9. The summed E-state index contributed by atoms with van der Waals surface area (Å²) < 4.78 is 4.61. The molecule has 7 heteroatoms. The lowest BCUT2D eigenvalue weighted by Crippen LogP contribution is -2.38. The molecule has 19 heavy (non-hydrogen) atoms. The van der Waals surface area contributed by atoms with Crippen LogP contribution in [0.2, 0.25) is 0 Å². The fraction of sp³-hybridized carbons (Fsp3) is 0.667. The topological polar surface area (TPSA) is 79.5 Å². The number of aromatic nitrogens is 2. The minimum atomic E-state index is -0.0248. The van der Waals surface area contributed by atoms with E-state index in [9.17, 15) is 9.59 Å². The second-order valence-corrected chi connectivity index (χ2v) is 4.69. The Hall–Kier alpha value is -1.92. The average Bonchev–Trinajstić information content (AvgIpc) is 2.90. The molecule has 0 spiro atoms. The molecule has 2 rings (SSSR count). The van der Waals surface area contributed by atoms with Gasteiger partial charge in [0.1, 0.15) is 0 Å². The highest BCUT2D eigenvalue weighted by Gasteiger charge is 2.19. The fourth-order valence-corrected chi connectivity index (χ4v) is 2.08. The SMILES string of the molecule is CN(Cc1ncon1)C(=O)CCN1CCCCC1=O. The van der Waals surface area contributed by atoms with E-state index in [1.807, 2.05) is 0 Å². The maximum Gasteiger partial charge on any atom is 0.224 e. The van der Waals surface area contributed by atoms with Crippen LogP contribution in [0.15, 0.2) is 10.9 Å². The second kappa shape index (κ2) is 6.31.